The van der Waals surface area contributed by atoms with Crippen molar-refractivity contribution in [2.45, 2.75) is 33.1 Å². The largest absolute Gasteiger partial charge is 0.361 e. The Morgan fingerprint density at radius 2 is 1.76 bits per heavy atom. The molecule has 2 aromatic rings. The molecule has 7 nitrogen and oxygen atoms in total. The molecule has 2 amide bonds. The first-order chi connectivity index (χ1) is 13.7. The van der Waals surface area contributed by atoms with E-state index in [0.29, 0.717) is 36.7 Å². The van der Waals surface area contributed by atoms with E-state index in [4.69, 9.17) is 4.52 Å². The van der Waals surface area contributed by atoms with E-state index in [9.17, 15) is 9.59 Å². The average Bonchev–Trinajstić information content (AvgIpc) is 3.13. The summed E-state index contributed by atoms with van der Waals surface area (Å²) in [5.41, 5.74) is 2.32. The first kappa shape index (κ1) is 21.0. The number of hydrogen-bond acceptors (Lipinski definition) is 5. The quantitative estimate of drug-likeness (QED) is 0.837. The number of piperazine rings is 1. The van der Waals surface area contributed by atoms with E-state index < -0.39 is 0 Å². The van der Waals surface area contributed by atoms with Gasteiger partial charge in [-0.1, -0.05) is 38.1 Å². The molecule has 0 unspecified atom stereocenters. The van der Waals surface area contributed by atoms with Crippen LogP contribution in [0.15, 0.2) is 34.9 Å². The number of hydrogen-bond donors (Lipinski definition) is 1. The van der Waals surface area contributed by atoms with Gasteiger partial charge in [0.05, 0.1) is 0 Å². The Morgan fingerprint density at radius 1 is 1.10 bits per heavy atom. The number of aromatic nitrogens is 1. The minimum absolute atomic E-state index is 0.0549. The molecular formula is C22H30N4O3. The van der Waals surface area contributed by atoms with E-state index >= 15 is 0 Å². The van der Waals surface area contributed by atoms with Crippen LogP contribution in [0.5, 0.6) is 0 Å². The van der Waals surface area contributed by atoms with Crippen LogP contribution in [0, 0.1) is 6.92 Å². The van der Waals surface area contributed by atoms with Crippen molar-refractivity contribution in [3.63, 3.8) is 0 Å². The maximum absolute atomic E-state index is 12.4. The summed E-state index contributed by atoms with van der Waals surface area (Å²) in [6, 6.07) is 9.46. The second-order valence-electron chi connectivity index (χ2n) is 8.54. The molecule has 1 aliphatic heterocycles. The Balaban J connectivity index is 1.40. The van der Waals surface area contributed by atoms with Gasteiger partial charge in [0.1, 0.15) is 5.76 Å². The zero-order valence-corrected chi connectivity index (χ0v) is 17.7. The number of carbonyl (C=O) groups excluding carboxylic acids is 2. The lowest BCUT2D eigenvalue weighted by atomic mass is 9.87. The van der Waals surface area contributed by atoms with Crippen LogP contribution >= 0.6 is 0 Å². The summed E-state index contributed by atoms with van der Waals surface area (Å²) in [5, 5.41) is 6.78. The highest BCUT2D eigenvalue weighted by molar-refractivity contribution is 5.94. The number of nitrogens with zero attached hydrogens (tertiary/aromatic N) is 3. The molecule has 1 aromatic carbocycles. The SMILES string of the molecule is Cc1cc(C(=O)N2CCN(CCNC(=O)c3ccc(C(C)(C)C)cc3)CC2)no1. The lowest BCUT2D eigenvalue weighted by Gasteiger charge is -2.34. The number of amides is 2. The van der Waals surface area contributed by atoms with Gasteiger partial charge in [0.25, 0.3) is 11.8 Å². The third-order valence-corrected chi connectivity index (χ3v) is 5.23. The molecule has 156 valence electrons. The van der Waals surface area contributed by atoms with Gasteiger partial charge in [-0.05, 0) is 30.0 Å². The third kappa shape index (κ3) is 5.44. The second kappa shape index (κ2) is 8.78. The Bertz CT molecular complexity index is 844. The lowest BCUT2D eigenvalue weighted by Crippen LogP contribution is -2.50. The molecule has 0 atom stereocenters. The number of benzene rings is 1. The van der Waals surface area contributed by atoms with E-state index in [1.807, 2.05) is 24.3 Å². The maximum Gasteiger partial charge on any atom is 0.276 e. The highest BCUT2D eigenvalue weighted by atomic mass is 16.5. The zero-order valence-electron chi connectivity index (χ0n) is 17.7. The summed E-state index contributed by atoms with van der Waals surface area (Å²) in [7, 11) is 0. The first-order valence-corrected chi connectivity index (χ1v) is 10.1. The molecule has 0 saturated carbocycles. The first-order valence-electron chi connectivity index (χ1n) is 10.1. The predicted octanol–water partition coefficient (Wildman–Crippen LogP) is 2.47. The van der Waals surface area contributed by atoms with Crippen LogP contribution in [0.1, 0.15) is 52.9 Å². The van der Waals surface area contributed by atoms with Crippen LogP contribution in [0.4, 0.5) is 0 Å². The lowest BCUT2D eigenvalue weighted by molar-refractivity contribution is 0.0628. The molecule has 1 aromatic heterocycles. The van der Waals surface area contributed by atoms with E-state index in [0.717, 1.165) is 19.6 Å². The van der Waals surface area contributed by atoms with Crippen molar-refractivity contribution in [3.8, 4) is 0 Å². The van der Waals surface area contributed by atoms with E-state index in [1.54, 1.807) is 17.9 Å². The van der Waals surface area contributed by atoms with Crippen molar-refractivity contribution in [1.82, 2.24) is 20.3 Å². The fourth-order valence-corrected chi connectivity index (χ4v) is 3.35. The van der Waals surface area contributed by atoms with Crippen molar-refractivity contribution >= 4 is 11.8 Å². The second-order valence-corrected chi connectivity index (χ2v) is 8.54. The van der Waals surface area contributed by atoms with Crippen LogP contribution < -0.4 is 5.32 Å². The topological polar surface area (TPSA) is 78.7 Å². The van der Waals surface area contributed by atoms with E-state index in [-0.39, 0.29) is 17.2 Å². The molecule has 1 fully saturated rings. The smallest absolute Gasteiger partial charge is 0.276 e. The molecule has 0 aliphatic carbocycles. The molecule has 29 heavy (non-hydrogen) atoms. The van der Waals surface area contributed by atoms with Crippen molar-refractivity contribution in [2.24, 2.45) is 0 Å². The number of nitrogens with one attached hydrogen (secondary N) is 1. The number of carbonyl (C=O) groups is 2. The van der Waals surface area contributed by atoms with E-state index in [2.05, 4.69) is 36.1 Å². The predicted molar refractivity (Wildman–Crippen MR) is 111 cm³/mol. The normalized spacial score (nSPS) is 15.4. The monoisotopic (exact) mass is 398 g/mol. The summed E-state index contributed by atoms with van der Waals surface area (Å²) in [6.45, 7) is 12.4. The molecule has 7 heteroatoms. The summed E-state index contributed by atoms with van der Waals surface area (Å²) in [5.74, 6) is 0.491. The maximum atomic E-state index is 12.4. The van der Waals surface area contributed by atoms with Crippen LogP contribution in [0.3, 0.4) is 0 Å². The van der Waals surface area contributed by atoms with Crippen LogP contribution in [-0.2, 0) is 5.41 Å². The van der Waals surface area contributed by atoms with Gasteiger partial charge in [0.15, 0.2) is 5.69 Å². The zero-order chi connectivity index (χ0) is 21.0. The highest BCUT2D eigenvalue weighted by Crippen LogP contribution is 2.22. The fraction of sp³-hybridized carbons (Fsp3) is 0.500. The molecule has 1 aliphatic rings. The van der Waals surface area contributed by atoms with Gasteiger partial charge < -0.3 is 14.7 Å². The van der Waals surface area contributed by atoms with Crippen molar-refractivity contribution in [3.05, 3.63) is 52.9 Å². The van der Waals surface area contributed by atoms with Gasteiger partial charge in [-0.25, -0.2) is 0 Å². The number of aryl methyl sites for hydroxylation is 1. The van der Waals surface area contributed by atoms with Crippen molar-refractivity contribution in [2.75, 3.05) is 39.3 Å². The summed E-state index contributed by atoms with van der Waals surface area (Å²) >= 11 is 0. The van der Waals surface area contributed by atoms with Gasteiger partial charge in [-0.2, -0.15) is 0 Å². The molecule has 1 N–H and O–H groups in total. The van der Waals surface area contributed by atoms with Crippen LogP contribution in [0.2, 0.25) is 0 Å². The molecular weight excluding hydrogens is 368 g/mol. The van der Waals surface area contributed by atoms with Gasteiger partial charge >= 0.3 is 0 Å². The average molecular weight is 399 g/mol. The highest BCUT2D eigenvalue weighted by Gasteiger charge is 2.24. The molecule has 2 heterocycles. The Labute approximate surface area is 172 Å². The van der Waals surface area contributed by atoms with Crippen molar-refractivity contribution < 1.29 is 14.1 Å². The Kier molecular flexibility index (Phi) is 6.37. The molecule has 1 saturated heterocycles. The van der Waals surface area contributed by atoms with Crippen LogP contribution in [0.25, 0.3) is 0 Å². The van der Waals surface area contributed by atoms with Gasteiger partial charge in [-0.15, -0.1) is 0 Å². The standard InChI is InChI=1S/C22H30N4O3/c1-16-15-19(24-29-16)21(28)26-13-11-25(12-14-26)10-9-23-20(27)17-5-7-18(8-6-17)22(2,3)4/h5-8,15H,9-14H2,1-4H3,(H,23,27). The summed E-state index contributed by atoms with van der Waals surface area (Å²) in [6.07, 6.45) is 0. The fourth-order valence-electron chi connectivity index (χ4n) is 3.35. The summed E-state index contributed by atoms with van der Waals surface area (Å²) < 4.78 is 4.98. The molecule has 0 bridgehead atoms. The van der Waals surface area contributed by atoms with Gasteiger partial charge in [0, 0.05) is 50.9 Å². The molecule has 0 spiro atoms. The van der Waals surface area contributed by atoms with Gasteiger partial charge in [0.2, 0.25) is 0 Å². The minimum atomic E-state index is -0.0893. The van der Waals surface area contributed by atoms with E-state index in [1.165, 1.54) is 5.56 Å². The minimum Gasteiger partial charge on any atom is -0.361 e. The third-order valence-electron chi connectivity index (χ3n) is 5.23. The molecule has 3 rings (SSSR count). The summed E-state index contributed by atoms with van der Waals surface area (Å²) in [4.78, 5) is 28.8. The molecule has 0 radical (unpaired) electrons. The van der Waals surface area contributed by atoms with Crippen LogP contribution in [-0.4, -0.2) is 66.0 Å². The van der Waals surface area contributed by atoms with Crippen molar-refractivity contribution in [1.29, 1.82) is 0 Å². The van der Waals surface area contributed by atoms with Gasteiger partial charge in [-0.3, -0.25) is 14.5 Å². The Morgan fingerprint density at radius 3 is 2.31 bits per heavy atom. The number of rotatable bonds is 5. The Hall–Kier alpha value is -2.67.